The summed E-state index contributed by atoms with van der Waals surface area (Å²) in [5, 5.41) is 4.15. The molecule has 1 aromatic heterocycles. The standard InChI is InChI=1S/C16H22N4O/c1-11(2)20(10-13-6-5-7-14(17)8-13)16(21)15-9-18-19(4)12(15)3/h5-9,11H,10,17H2,1-4H3. The Hall–Kier alpha value is -2.30. The molecule has 0 radical (unpaired) electrons. The number of aromatic nitrogens is 2. The number of nitrogens with two attached hydrogens (primary N) is 1. The number of hydrogen-bond donors (Lipinski definition) is 1. The molecule has 2 rings (SSSR count). The van der Waals surface area contributed by atoms with Gasteiger partial charge in [0, 0.05) is 31.0 Å². The second kappa shape index (κ2) is 5.99. The molecular weight excluding hydrogens is 264 g/mol. The Morgan fingerprint density at radius 3 is 2.67 bits per heavy atom. The number of carbonyl (C=O) groups excluding carboxylic acids is 1. The lowest BCUT2D eigenvalue weighted by atomic mass is 10.1. The molecule has 0 saturated heterocycles. The first-order valence-corrected chi connectivity index (χ1v) is 7.04. The highest BCUT2D eigenvalue weighted by Crippen LogP contribution is 2.16. The highest BCUT2D eigenvalue weighted by molar-refractivity contribution is 5.95. The summed E-state index contributed by atoms with van der Waals surface area (Å²) in [5.41, 5.74) is 9.07. The molecule has 0 saturated carbocycles. The van der Waals surface area contributed by atoms with E-state index in [1.54, 1.807) is 10.9 Å². The molecule has 0 fully saturated rings. The molecule has 1 aromatic carbocycles. The quantitative estimate of drug-likeness (QED) is 0.878. The number of carbonyl (C=O) groups is 1. The van der Waals surface area contributed by atoms with Crippen LogP contribution < -0.4 is 5.73 Å². The zero-order chi connectivity index (χ0) is 15.6. The maximum absolute atomic E-state index is 12.8. The number of nitrogens with zero attached hydrogens (tertiary/aromatic N) is 3. The maximum atomic E-state index is 12.8. The van der Waals surface area contributed by atoms with Gasteiger partial charge in [-0.15, -0.1) is 0 Å². The fourth-order valence-corrected chi connectivity index (χ4v) is 2.24. The van der Waals surface area contributed by atoms with Gasteiger partial charge < -0.3 is 10.6 Å². The Morgan fingerprint density at radius 2 is 2.14 bits per heavy atom. The van der Waals surface area contributed by atoms with Crippen molar-refractivity contribution < 1.29 is 4.79 Å². The zero-order valence-electron chi connectivity index (χ0n) is 13.0. The molecule has 0 aliphatic heterocycles. The van der Waals surface area contributed by atoms with Gasteiger partial charge in [-0.1, -0.05) is 12.1 Å². The van der Waals surface area contributed by atoms with Crippen LogP contribution in [0.1, 0.15) is 35.5 Å². The number of aryl methyl sites for hydroxylation is 1. The highest BCUT2D eigenvalue weighted by atomic mass is 16.2. The Labute approximate surface area is 125 Å². The van der Waals surface area contributed by atoms with Crippen molar-refractivity contribution in [2.75, 3.05) is 5.73 Å². The lowest BCUT2D eigenvalue weighted by molar-refractivity contribution is 0.0689. The average molecular weight is 286 g/mol. The largest absolute Gasteiger partial charge is 0.399 e. The predicted molar refractivity (Wildman–Crippen MR) is 83.8 cm³/mol. The van der Waals surface area contributed by atoms with Crippen LogP contribution in [-0.2, 0) is 13.6 Å². The summed E-state index contributed by atoms with van der Waals surface area (Å²) in [6, 6.07) is 7.73. The van der Waals surface area contributed by atoms with Crippen LogP contribution in [0.5, 0.6) is 0 Å². The molecule has 2 aromatic rings. The van der Waals surface area contributed by atoms with E-state index >= 15 is 0 Å². The third-order valence-electron chi connectivity index (χ3n) is 3.65. The van der Waals surface area contributed by atoms with Crippen molar-refractivity contribution in [2.45, 2.75) is 33.4 Å². The lowest BCUT2D eigenvalue weighted by Gasteiger charge is -2.27. The van der Waals surface area contributed by atoms with Crippen LogP contribution in [-0.4, -0.2) is 26.6 Å². The van der Waals surface area contributed by atoms with Crippen molar-refractivity contribution in [3.05, 3.63) is 47.3 Å². The molecular formula is C16H22N4O. The van der Waals surface area contributed by atoms with Crippen LogP contribution >= 0.6 is 0 Å². The number of nitrogen functional groups attached to an aromatic ring is 1. The average Bonchev–Trinajstić information content (AvgIpc) is 2.75. The Bertz CT molecular complexity index is 645. The molecule has 2 N–H and O–H groups in total. The third-order valence-corrected chi connectivity index (χ3v) is 3.65. The topological polar surface area (TPSA) is 64.2 Å². The van der Waals surface area contributed by atoms with Crippen LogP contribution in [0.2, 0.25) is 0 Å². The summed E-state index contributed by atoms with van der Waals surface area (Å²) in [5.74, 6) is -0.00183. The van der Waals surface area contributed by atoms with Crippen LogP contribution in [0.4, 0.5) is 5.69 Å². The lowest BCUT2D eigenvalue weighted by Crippen LogP contribution is -2.36. The van der Waals surface area contributed by atoms with Crippen molar-refractivity contribution in [1.29, 1.82) is 0 Å². The predicted octanol–water partition coefficient (Wildman–Crippen LogP) is 2.36. The summed E-state index contributed by atoms with van der Waals surface area (Å²) in [6.07, 6.45) is 1.63. The van der Waals surface area contributed by atoms with E-state index in [2.05, 4.69) is 5.10 Å². The molecule has 1 amide bonds. The van der Waals surface area contributed by atoms with E-state index in [4.69, 9.17) is 5.73 Å². The van der Waals surface area contributed by atoms with Gasteiger partial charge in [-0.3, -0.25) is 9.48 Å². The minimum Gasteiger partial charge on any atom is -0.399 e. The van der Waals surface area contributed by atoms with Crippen LogP contribution in [0, 0.1) is 6.92 Å². The summed E-state index contributed by atoms with van der Waals surface area (Å²) < 4.78 is 1.71. The maximum Gasteiger partial charge on any atom is 0.257 e. The smallest absolute Gasteiger partial charge is 0.257 e. The Morgan fingerprint density at radius 1 is 1.43 bits per heavy atom. The van der Waals surface area contributed by atoms with E-state index in [1.807, 2.05) is 57.0 Å². The highest BCUT2D eigenvalue weighted by Gasteiger charge is 2.22. The number of anilines is 1. The third kappa shape index (κ3) is 3.24. The van der Waals surface area contributed by atoms with Gasteiger partial charge in [0.15, 0.2) is 0 Å². The van der Waals surface area contributed by atoms with Crippen molar-refractivity contribution in [3.63, 3.8) is 0 Å². The molecule has 112 valence electrons. The van der Waals surface area contributed by atoms with Gasteiger partial charge in [0.05, 0.1) is 11.8 Å². The van der Waals surface area contributed by atoms with Crippen molar-refractivity contribution in [3.8, 4) is 0 Å². The summed E-state index contributed by atoms with van der Waals surface area (Å²) >= 11 is 0. The molecule has 5 heteroatoms. The number of amides is 1. The second-order valence-corrected chi connectivity index (χ2v) is 5.54. The van der Waals surface area contributed by atoms with E-state index < -0.39 is 0 Å². The van der Waals surface area contributed by atoms with E-state index in [9.17, 15) is 4.79 Å². The molecule has 0 spiro atoms. The summed E-state index contributed by atoms with van der Waals surface area (Å²) in [6.45, 7) is 6.46. The van der Waals surface area contributed by atoms with Gasteiger partial charge in [0.25, 0.3) is 5.91 Å². The fourth-order valence-electron chi connectivity index (χ4n) is 2.24. The number of benzene rings is 1. The SMILES string of the molecule is Cc1c(C(=O)N(Cc2cccc(N)c2)C(C)C)cnn1C. The van der Waals surface area contributed by atoms with Crippen LogP contribution in [0.3, 0.4) is 0 Å². The molecule has 0 aliphatic rings. The van der Waals surface area contributed by atoms with Crippen molar-refractivity contribution >= 4 is 11.6 Å². The molecule has 5 nitrogen and oxygen atoms in total. The number of hydrogen-bond acceptors (Lipinski definition) is 3. The number of rotatable bonds is 4. The van der Waals surface area contributed by atoms with E-state index in [0.29, 0.717) is 17.8 Å². The first-order chi connectivity index (χ1) is 9.90. The van der Waals surface area contributed by atoms with Crippen molar-refractivity contribution in [1.82, 2.24) is 14.7 Å². The molecule has 21 heavy (non-hydrogen) atoms. The summed E-state index contributed by atoms with van der Waals surface area (Å²) in [4.78, 5) is 14.6. The first kappa shape index (κ1) is 15.1. The molecule has 0 atom stereocenters. The molecule has 0 bridgehead atoms. The van der Waals surface area contributed by atoms with Crippen molar-refractivity contribution in [2.24, 2.45) is 7.05 Å². The Balaban J connectivity index is 2.27. The van der Waals surface area contributed by atoms with Gasteiger partial charge in [-0.2, -0.15) is 5.10 Å². The zero-order valence-corrected chi connectivity index (χ0v) is 13.0. The first-order valence-electron chi connectivity index (χ1n) is 7.04. The molecule has 1 heterocycles. The normalized spacial score (nSPS) is 10.9. The van der Waals surface area contributed by atoms with Crippen LogP contribution in [0.25, 0.3) is 0 Å². The minimum absolute atomic E-state index is 0.00183. The fraction of sp³-hybridized carbons (Fsp3) is 0.375. The Kier molecular flexibility index (Phi) is 4.31. The van der Waals surface area contributed by atoms with E-state index in [0.717, 1.165) is 11.3 Å². The van der Waals surface area contributed by atoms with E-state index in [1.165, 1.54) is 0 Å². The monoisotopic (exact) mass is 286 g/mol. The molecule has 0 aliphatic carbocycles. The molecule has 0 unspecified atom stereocenters. The van der Waals surface area contributed by atoms with Gasteiger partial charge in [-0.05, 0) is 38.5 Å². The van der Waals surface area contributed by atoms with Gasteiger partial charge in [0.2, 0.25) is 0 Å². The summed E-state index contributed by atoms with van der Waals surface area (Å²) in [7, 11) is 1.84. The minimum atomic E-state index is -0.00183. The van der Waals surface area contributed by atoms with E-state index in [-0.39, 0.29) is 11.9 Å². The second-order valence-electron chi connectivity index (χ2n) is 5.54. The van der Waals surface area contributed by atoms with Crippen LogP contribution in [0.15, 0.2) is 30.5 Å². The van der Waals surface area contributed by atoms with Gasteiger partial charge in [-0.25, -0.2) is 0 Å². The van der Waals surface area contributed by atoms with Gasteiger partial charge >= 0.3 is 0 Å². The van der Waals surface area contributed by atoms with Gasteiger partial charge in [0.1, 0.15) is 0 Å².